The van der Waals surface area contributed by atoms with Crippen molar-refractivity contribution in [3.8, 4) is 11.5 Å². The molecule has 174 valence electrons. The van der Waals surface area contributed by atoms with Crippen LogP contribution < -0.4 is 14.8 Å². The number of rotatable bonds is 7. The van der Waals surface area contributed by atoms with Crippen LogP contribution >= 0.6 is 0 Å². The Balaban J connectivity index is 1.95. The van der Waals surface area contributed by atoms with Crippen LogP contribution in [-0.4, -0.2) is 58.2 Å². The van der Waals surface area contributed by atoms with Gasteiger partial charge in [-0.15, -0.1) is 0 Å². The molecule has 2 aromatic carbocycles. The van der Waals surface area contributed by atoms with Crippen LogP contribution in [0.5, 0.6) is 11.5 Å². The number of nitro benzene ring substituents is 1. The van der Waals surface area contributed by atoms with Gasteiger partial charge in [-0.05, 0) is 34.2 Å². The smallest absolute Gasteiger partial charge is 0.355 e. The topological polar surface area (TPSA) is 161 Å². The van der Waals surface area contributed by atoms with Crippen molar-refractivity contribution >= 4 is 23.4 Å². The molecular weight excluding hydrogens is 448 g/mol. The van der Waals surface area contributed by atoms with Crippen LogP contribution in [0.4, 0.5) is 11.6 Å². The minimum atomic E-state index is -1.07. The molecule has 13 heteroatoms. The average Bonchev–Trinajstić information content (AvgIpc) is 3.34. The third-order valence-electron chi connectivity index (χ3n) is 5.19. The van der Waals surface area contributed by atoms with Crippen LogP contribution in [-0.2, 0) is 9.53 Å². The standard InChI is InChI=1S/C21H18N6O7/c1-32-14-8-7-12(10-15(14)33-2)19(28)16-17(20(29)34-3)22-21-23-24-25-26(21)18(16)11-5-4-6-13(9-11)27(30)31/h4-10,18H,1-3H3,(H,22,23,25)/t18-/m0/s1. The third-order valence-corrected chi connectivity index (χ3v) is 5.19. The monoisotopic (exact) mass is 466 g/mol. The molecule has 0 amide bonds. The number of benzene rings is 2. The molecule has 4 rings (SSSR count). The van der Waals surface area contributed by atoms with E-state index in [-0.39, 0.29) is 28.5 Å². The van der Waals surface area contributed by atoms with Gasteiger partial charge in [0.05, 0.1) is 31.8 Å². The quantitative estimate of drug-likeness (QED) is 0.234. The second-order valence-corrected chi connectivity index (χ2v) is 7.01. The fourth-order valence-corrected chi connectivity index (χ4v) is 3.64. The zero-order chi connectivity index (χ0) is 24.4. The van der Waals surface area contributed by atoms with E-state index in [1.807, 2.05) is 0 Å². The van der Waals surface area contributed by atoms with Gasteiger partial charge in [0.1, 0.15) is 11.7 Å². The SMILES string of the molecule is COC(=O)C1=C(C(=O)c2ccc(OC)c(OC)c2)[C@H](c2cccc([N+](=O)[O-])c2)n2nnnc2N1. The van der Waals surface area contributed by atoms with Gasteiger partial charge in [0.15, 0.2) is 17.3 Å². The highest BCUT2D eigenvalue weighted by molar-refractivity contribution is 6.15. The molecule has 1 N–H and O–H groups in total. The Morgan fingerprint density at radius 2 is 1.85 bits per heavy atom. The van der Waals surface area contributed by atoms with Crippen LogP contribution in [0.15, 0.2) is 53.7 Å². The van der Waals surface area contributed by atoms with Gasteiger partial charge in [-0.1, -0.05) is 17.2 Å². The molecule has 0 spiro atoms. The van der Waals surface area contributed by atoms with Crippen molar-refractivity contribution in [2.24, 2.45) is 0 Å². The van der Waals surface area contributed by atoms with Crippen molar-refractivity contribution in [2.45, 2.75) is 6.04 Å². The zero-order valence-electron chi connectivity index (χ0n) is 18.2. The van der Waals surface area contributed by atoms with Crippen LogP contribution in [0.25, 0.3) is 0 Å². The first kappa shape index (κ1) is 22.4. The van der Waals surface area contributed by atoms with E-state index in [2.05, 4.69) is 20.8 Å². The number of tetrazole rings is 1. The molecule has 0 saturated heterocycles. The summed E-state index contributed by atoms with van der Waals surface area (Å²) in [7, 11) is 4.04. The van der Waals surface area contributed by atoms with Crippen LogP contribution in [0, 0.1) is 10.1 Å². The van der Waals surface area contributed by atoms with E-state index in [0.717, 1.165) is 7.11 Å². The van der Waals surface area contributed by atoms with Crippen molar-refractivity contribution in [3.05, 3.63) is 75.0 Å². The number of nitrogens with one attached hydrogen (secondary N) is 1. The molecule has 1 aromatic heterocycles. The van der Waals surface area contributed by atoms with Crippen LogP contribution in [0.1, 0.15) is 22.0 Å². The van der Waals surface area contributed by atoms with Gasteiger partial charge in [-0.25, -0.2) is 4.79 Å². The van der Waals surface area contributed by atoms with Gasteiger partial charge in [0.2, 0.25) is 5.95 Å². The lowest BCUT2D eigenvalue weighted by atomic mass is 9.89. The number of nitrogens with zero attached hydrogens (tertiary/aromatic N) is 5. The van der Waals surface area contributed by atoms with E-state index in [4.69, 9.17) is 14.2 Å². The largest absolute Gasteiger partial charge is 0.493 e. The third kappa shape index (κ3) is 3.79. The molecule has 1 atom stereocenters. The number of aromatic nitrogens is 4. The fraction of sp³-hybridized carbons (Fsp3) is 0.190. The summed E-state index contributed by atoms with van der Waals surface area (Å²) in [4.78, 5) is 37.3. The Labute approximate surface area is 192 Å². The Morgan fingerprint density at radius 3 is 2.53 bits per heavy atom. The second kappa shape index (κ2) is 8.97. The zero-order valence-corrected chi connectivity index (χ0v) is 18.2. The number of nitro groups is 1. The van der Waals surface area contributed by atoms with Crippen molar-refractivity contribution in [1.82, 2.24) is 20.2 Å². The molecule has 0 aliphatic carbocycles. The van der Waals surface area contributed by atoms with E-state index in [0.29, 0.717) is 17.1 Å². The number of methoxy groups -OCH3 is 3. The number of non-ortho nitro benzene ring substituents is 1. The molecule has 13 nitrogen and oxygen atoms in total. The van der Waals surface area contributed by atoms with E-state index < -0.39 is 22.7 Å². The lowest BCUT2D eigenvalue weighted by Gasteiger charge is -2.28. The second-order valence-electron chi connectivity index (χ2n) is 7.01. The highest BCUT2D eigenvalue weighted by atomic mass is 16.6. The van der Waals surface area contributed by atoms with Gasteiger partial charge < -0.3 is 19.5 Å². The molecule has 0 radical (unpaired) electrons. The first-order chi connectivity index (χ1) is 16.4. The van der Waals surface area contributed by atoms with Crippen molar-refractivity contribution in [2.75, 3.05) is 26.6 Å². The number of ether oxygens (including phenoxy) is 3. The maximum atomic E-state index is 13.8. The van der Waals surface area contributed by atoms with Gasteiger partial charge >= 0.3 is 5.97 Å². The predicted molar refractivity (Wildman–Crippen MR) is 116 cm³/mol. The number of ketones is 1. The molecule has 3 aromatic rings. The molecular formula is C21H18N6O7. The Bertz CT molecular complexity index is 1330. The minimum absolute atomic E-state index is 0.0563. The number of anilines is 1. The average molecular weight is 466 g/mol. The summed E-state index contributed by atoms with van der Waals surface area (Å²) in [6.07, 6.45) is 0. The van der Waals surface area contributed by atoms with E-state index in [1.54, 1.807) is 12.1 Å². The first-order valence-electron chi connectivity index (χ1n) is 9.78. The van der Waals surface area contributed by atoms with Crippen LogP contribution in [0.2, 0.25) is 0 Å². The van der Waals surface area contributed by atoms with Gasteiger partial charge in [-0.3, -0.25) is 14.9 Å². The number of Topliss-reactive ketones (excluding diaryl/α,β-unsaturated/α-hetero) is 1. The summed E-state index contributed by atoms with van der Waals surface area (Å²) in [6.45, 7) is 0. The van der Waals surface area contributed by atoms with E-state index >= 15 is 0 Å². The summed E-state index contributed by atoms with van der Waals surface area (Å²) >= 11 is 0. The molecule has 0 bridgehead atoms. The predicted octanol–water partition coefficient (Wildman–Crippen LogP) is 1.92. The highest BCUT2D eigenvalue weighted by Crippen LogP contribution is 2.38. The minimum Gasteiger partial charge on any atom is -0.493 e. The summed E-state index contributed by atoms with van der Waals surface area (Å²) in [6, 6.07) is 9.09. The van der Waals surface area contributed by atoms with E-state index in [9.17, 15) is 19.7 Å². The normalized spacial score (nSPS) is 14.6. The van der Waals surface area contributed by atoms with Crippen molar-refractivity contribution in [3.63, 3.8) is 0 Å². The molecule has 1 aliphatic rings. The summed E-state index contributed by atoms with van der Waals surface area (Å²) < 4.78 is 16.7. The summed E-state index contributed by atoms with van der Waals surface area (Å²) in [5, 5.41) is 25.5. The Hall–Kier alpha value is -4.81. The maximum Gasteiger partial charge on any atom is 0.355 e. The molecule has 1 aliphatic heterocycles. The van der Waals surface area contributed by atoms with E-state index in [1.165, 1.54) is 49.2 Å². The number of allylic oxidation sites excluding steroid dienone is 1. The maximum absolute atomic E-state index is 13.8. The number of carbonyl (C=O) groups is 2. The number of fused-ring (bicyclic) bond motifs is 1. The molecule has 0 fully saturated rings. The molecule has 34 heavy (non-hydrogen) atoms. The molecule has 0 saturated carbocycles. The lowest BCUT2D eigenvalue weighted by molar-refractivity contribution is -0.384. The number of carbonyl (C=O) groups excluding carboxylic acids is 2. The molecule has 0 unspecified atom stereocenters. The van der Waals surface area contributed by atoms with Gasteiger partial charge in [-0.2, -0.15) is 4.68 Å². The van der Waals surface area contributed by atoms with Gasteiger partial charge in [0, 0.05) is 17.7 Å². The first-order valence-corrected chi connectivity index (χ1v) is 9.78. The fourth-order valence-electron chi connectivity index (χ4n) is 3.64. The number of hydrogen-bond acceptors (Lipinski definition) is 11. The summed E-state index contributed by atoms with van der Waals surface area (Å²) in [5.41, 5.74) is 0.0148. The lowest BCUT2D eigenvalue weighted by Crippen LogP contribution is -2.33. The van der Waals surface area contributed by atoms with Gasteiger partial charge in [0.25, 0.3) is 5.69 Å². The molecule has 2 heterocycles. The van der Waals surface area contributed by atoms with Crippen LogP contribution in [0.3, 0.4) is 0 Å². The Kier molecular flexibility index (Phi) is 5.91. The Morgan fingerprint density at radius 1 is 1.09 bits per heavy atom. The highest BCUT2D eigenvalue weighted by Gasteiger charge is 2.39. The van der Waals surface area contributed by atoms with Crippen molar-refractivity contribution in [1.29, 1.82) is 0 Å². The number of esters is 1. The summed E-state index contributed by atoms with van der Waals surface area (Å²) in [5.74, 6) is -0.658. The van der Waals surface area contributed by atoms with Crippen molar-refractivity contribution < 1.29 is 28.7 Å². The number of hydrogen-bond donors (Lipinski definition) is 1.